The van der Waals surface area contributed by atoms with Gasteiger partial charge in [0.15, 0.2) is 5.76 Å². The number of halogens is 1. The number of likely N-dealkylation sites (tertiary alicyclic amines) is 2. The topological polar surface area (TPSA) is 79.8 Å². The lowest BCUT2D eigenvalue weighted by Gasteiger charge is -2.42. The molecule has 4 rings (SSSR count). The van der Waals surface area contributed by atoms with Gasteiger partial charge in [-0.25, -0.2) is 4.39 Å². The van der Waals surface area contributed by atoms with Crippen LogP contribution in [0.3, 0.4) is 0 Å². The van der Waals surface area contributed by atoms with E-state index in [1.165, 1.54) is 18.5 Å². The summed E-state index contributed by atoms with van der Waals surface area (Å²) in [6.45, 7) is 1.31. The van der Waals surface area contributed by atoms with E-state index in [-0.39, 0.29) is 42.8 Å². The first-order valence-corrected chi connectivity index (χ1v) is 8.26. The van der Waals surface area contributed by atoms with Gasteiger partial charge in [-0.05, 0) is 25.0 Å². The highest BCUT2D eigenvalue weighted by molar-refractivity contribution is 5.92. The highest BCUT2D eigenvalue weighted by Crippen LogP contribution is 2.41. The zero-order chi connectivity index (χ0) is 17.4. The zero-order valence-corrected chi connectivity index (χ0v) is 13.6. The van der Waals surface area contributed by atoms with Gasteiger partial charge in [-0.15, -0.1) is 0 Å². The Hall–Kier alpha value is -2.64. The molecule has 2 amide bonds. The van der Waals surface area contributed by atoms with Crippen molar-refractivity contribution in [3.8, 4) is 0 Å². The monoisotopic (exact) mass is 347 g/mol. The molecule has 2 saturated heterocycles. The van der Waals surface area contributed by atoms with E-state index in [1.807, 2.05) is 0 Å². The van der Waals surface area contributed by atoms with Gasteiger partial charge >= 0.3 is 0 Å². The first-order valence-electron chi connectivity index (χ1n) is 8.26. The van der Waals surface area contributed by atoms with Crippen molar-refractivity contribution in [1.29, 1.82) is 0 Å². The Morgan fingerprint density at radius 1 is 1.16 bits per heavy atom. The number of carbonyl (C=O) groups excluding carboxylic acids is 2. The maximum absolute atomic E-state index is 14.8. The molecule has 0 N–H and O–H groups in total. The molecule has 0 saturated carbocycles. The van der Waals surface area contributed by atoms with E-state index in [4.69, 9.17) is 8.94 Å². The Labute approximate surface area is 143 Å². The number of hydrogen-bond acceptors (Lipinski definition) is 5. The number of rotatable bonds is 2. The van der Waals surface area contributed by atoms with E-state index in [0.29, 0.717) is 19.5 Å². The molecular formula is C17H18FN3O4. The predicted octanol–water partition coefficient (Wildman–Crippen LogP) is 1.98. The largest absolute Gasteiger partial charge is 0.459 e. The Bertz CT molecular complexity index is 761. The van der Waals surface area contributed by atoms with Crippen molar-refractivity contribution in [2.24, 2.45) is 5.41 Å². The van der Waals surface area contributed by atoms with Crippen LogP contribution in [0.4, 0.5) is 4.39 Å². The Morgan fingerprint density at radius 2 is 1.92 bits per heavy atom. The Morgan fingerprint density at radius 3 is 2.60 bits per heavy atom. The highest BCUT2D eigenvalue weighted by Gasteiger charge is 2.50. The summed E-state index contributed by atoms with van der Waals surface area (Å²) in [4.78, 5) is 28.1. The third-order valence-corrected chi connectivity index (χ3v) is 5.16. The average molecular weight is 347 g/mol. The molecule has 0 bridgehead atoms. The summed E-state index contributed by atoms with van der Waals surface area (Å²) in [6.07, 6.45) is 2.56. The molecule has 0 aromatic carbocycles. The van der Waals surface area contributed by atoms with Crippen LogP contribution in [0.1, 0.15) is 34.0 Å². The molecule has 2 fully saturated rings. The number of amides is 2. The number of alkyl halides is 1. The third-order valence-electron chi connectivity index (χ3n) is 5.16. The fourth-order valence-electron chi connectivity index (χ4n) is 3.80. The van der Waals surface area contributed by atoms with Gasteiger partial charge in [-0.1, -0.05) is 5.16 Å². The van der Waals surface area contributed by atoms with Crippen molar-refractivity contribution < 1.29 is 22.9 Å². The van der Waals surface area contributed by atoms with Gasteiger partial charge in [-0.3, -0.25) is 9.59 Å². The molecule has 1 spiro atoms. The predicted molar refractivity (Wildman–Crippen MR) is 83.6 cm³/mol. The van der Waals surface area contributed by atoms with Gasteiger partial charge in [-0.2, -0.15) is 0 Å². The standard InChI is InChI=1S/C17H18FN3O4/c18-14-4-7-20(16(23)13-3-6-19-25-13)10-17(14)5-8-21(11-17)15(22)12-2-1-9-24-12/h1-3,6,9,14H,4-5,7-8,10-11H2. The molecule has 8 heteroatoms. The summed E-state index contributed by atoms with van der Waals surface area (Å²) in [5.41, 5.74) is -0.740. The minimum Gasteiger partial charge on any atom is -0.459 e. The van der Waals surface area contributed by atoms with Crippen LogP contribution in [0.5, 0.6) is 0 Å². The van der Waals surface area contributed by atoms with E-state index < -0.39 is 11.6 Å². The minimum absolute atomic E-state index is 0.147. The first-order chi connectivity index (χ1) is 12.1. The van der Waals surface area contributed by atoms with E-state index in [1.54, 1.807) is 21.9 Å². The Balaban J connectivity index is 1.50. The van der Waals surface area contributed by atoms with Crippen LogP contribution < -0.4 is 0 Å². The molecule has 2 aliphatic heterocycles. The second-order valence-electron chi connectivity index (χ2n) is 6.68. The molecule has 0 radical (unpaired) electrons. The number of nitrogens with zero attached hydrogens (tertiary/aromatic N) is 3. The third kappa shape index (κ3) is 2.71. The molecule has 7 nitrogen and oxygen atoms in total. The molecule has 2 atom stereocenters. The second kappa shape index (κ2) is 6.02. The van der Waals surface area contributed by atoms with Crippen molar-refractivity contribution in [3.63, 3.8) is 0 Å². The number of piperidine rings is 1. The summed E-state index contributed by atoms with van der Waals surface area (Å²) in [7, 11) is 0. The minimum atomic E-state index is -1.05. The fourth-order valence-corrected chi connectivity index (χ4v) is 3.80. The molecule has 4 heterocycles. The van der Waals surface area contributed by atoms with Gasteiger partial charge in [0, 0.05) is 37.7 Å². The van der Waals surface area contributed by atoms with Gasteiger partial charge in [0.05, 0.1) is 12.5 Å². The van der Waals surface area contributed by atoms with Gasteiger partial charge in [0.2, 0.25) is 5.76 Å². The van der Waals surface area contributed by atoms with Crippen LogP contribution >= 0.6 is 0 Å². The van der Waals surface area contributed by atoms with Crippen LogP contribution in [-0.2, 0) is 0 Å². The normalized spacial score (nSPS) is 26.4. The lowest BCUT2D eigenvalue weighted by atomic mass is 9.77. The SMILES string of the molecule is O=C(c1ccco1)N1CCC2(C1)CN(C(=O)c1ccno1)CCC2F. The smallest absolute Gasteiger partial charge is 0.292 e. The molecule has 2 aromatic heterocycles. The van der Waals surface area contributed by atoms with Crippen molar-refractivity contribution in [2.45, 2.75) is 19.0 Å². The quantitative estimate of drug-likeness (QED) is 0.830. The van der Waals surface area contributed by atoms with Crippen LogP contribution in [0.25, 0.3) is 0 Å². The Kier molecular flexibility index (Phi) is 3.82. The lowest BCUT2D eigenvalue weighted by molar-refractivity contribution is 0.00922. The zero-order valence-electron chi connectivity index (χ0n) is 13.6. The van der Waals surface area contributed by atoms with Crippen LogP contribution in [0.15, 0.2) is 39.6 Å². The summed E-state index contributed by atoms with van der Waals surface area (Å²) < 4.78 is 24.8. The molecule has 25 heavy (non-hydrogen) atoms. The lowest BCUT2D eigenvalue weighted by Crippen LogP contribution is -2.53. The molecule has 2 aromatic rings. The molecule has 2 unspecified atom stereocenters. The van der Waals surface area contributed by atoms with Crippen molar-refractivity contribution >= 4 is 11.8 Å². The maximum atomic E-state index is 14.8. The van der Waals surface area contributed by atoms with Gasteiger partial charge < -0.3 is 18.7 Å². The maximum Gasteiger partial charge on any atom is 0.292 e. The van der Waals surface area contributed by atoms with E-state index in [2.05, 4.69) is 5.16 Å². The number of carbonyl (C=O) groups is 2. The van der Waals surface area contributed by atoms with Gasteiger partial charge in [0.1, 0.15) is 6.17 Å². The second-order valence-corrected chi connectivity index (χ2v) is 6.68. The average Bonchev–Trinajstić information content (AvgIpc) is 3.38. The summed E-state index contributed by atoms with van der Waals surface area (Å²) in [5, 5.41) is 3.55. The van der Waals surface area contributed by atoms with Crippen LogP contribution in [0.2, 0.25) is 0 Å². The molecule has 2 aliphatic rings. The molecule has 132 valence electrons. The van der Waals surface area contributed by atoms with Crippen LogP contribution in [-0.4, -0.2) is 59.1 Å². The fraction of sp³-hybridized carbons (Fsp3) is 0.471. The van der Waals surface area contributed by atoms with Crippen molar-refractivity contribution in [1.82, 2.24) is 15.0 Å². The summed E-state index contributed by atoms with van der Waals surface area (Å²) in [5.74, 6) is -0.140. The van der Waals surface area contributed by atoms with Crippen LogP contribution in [0, 0.1) is 5.41 Å². The number of hydrogen-bond donors (Lipinski definition) is 0. The number of aromatic nitrogens is 1. The number of furan rings is 1. The first kappa shape index (κ1) is 15.9. The van der Waals surface area contributed by atoms with Crippen molar-refractivity contribution in [2.75, 3.05) is 26.2 Å². The van der Waals surface area contributed by atoms with E-state index in [0.717, 1.165) is 0 Å². The van der Waals surface area contributed by atoms with E-state index in [9.17, 15) is 14.0 Å². The van der Waals surface area contributed by atoms with E-state index >= 15 is 0 Å². The highest BCUT2D eigenvalue weighted by atomic mass is 19.1. The molecular weight excluding hydrogens is 329 g/mol. The summed E-state index contributed by atoms with van der Waals surface area (Å²) >= 11 is 0. The summed E-state index contributed by atoms with van der Waals surface area (Å²) in [6, 6.07) is 4.74. The molecule has 0 aliphatic carbocycles. The van der Waals surface area contributed by atoms with Crippen molar-refractivity contribution in [3.05, 3.63) is 42.2 Å². The van der Waals surface area contributed by atoms with Gasteiger partial charge in [0.25, 0.3) is 11.8 Å².